The van der Waals surface area contributed by atoms with Gasteiger partial charge >= 0.3 is 118 Å². The molecule has 1 fully saturated rings. The van der Waals surface area contributed by atoms with Gasteiger partial charge in [0, 0.05) is 74.3 Å². The van der Waals surface area contributed by atoms with Crippen LogP contribution in [0.4, 0.5) is 17.1 Å². The number of aromatic nitrogens is 1. The maximum atomic E-state index is 12.8. The number of aliphatic hydroxyl groups is 1. The molecule has 7 N–H and O–H groups in total. The third-order valence-corrected chi connectivity index (χ3v) is 13.6. The second-order valence-corrected chi connectivity index (χ2v) is 18.4. The fraction of sp³-hybridized carbons (Fsp3) is 0.357. The number of piperazine rings is 1. The molecule has 13 heteroatoms. The van der Waals surface area contributed by atoms with E-state index in [-0.39, 0.29) is 24.1 Å². The van der Waals surface area contributed by atoms with Crippen molar-refractivity contribution in [2.75, 3.05) is 54.8 Å². The third-order valence-electron chi connectivity index (χ3n) is 13.6. The van der Waals surface area contributed by atoms with E-state index in [9.17, 15) is 9.90 Å². The Hall–Kier alpha value is -6.86. The summed E-state index contributed by atoms with van der Waals surface area (Å²) in [6, 6.07) is 22.8. The Bertz CT molecular complexity index is 2800. The van der Waals surface area contributed by atoms with Crippen molar-refractivity contribution in [3.8, 4) is 0 Å². The van der Waals surface area contributed by atoms with Crippen molar-refractivity contribution in [3.63, 3.8) is 0 Å². The van der Waals surface area contributed by atoms with Gasteiger partial charge < -0.3 is 31.3 Å². The number of carbonyl (C=O) groups is 1. The Morgan fingerprint density at radius 2 is 1.59 bits per heavy atom. The predicted octanol–water partition coefficient (Wildman–Crippen LogP) is 9.35. The van der Waals surface area contributed by atoms with Crippen molar-refractivity contribution in [3.05, 3.63) is 160 Å². The van der Waals surface area contributed by atoms with Crippen LogP contribution < -0.4 is 32.3 Å². The second-order valence-electron chi connectivity index (χ2n) is 18.4. The number of allylic oxidation sites excluding steroid dienone is 4. The number of rotatable bonds is 15. The summed E-state index contributed by atoms with van der Waals surface area (Å²) in [4.78, 5) is 28.9. The summed E-state index contributed by atoms with van der Waals surface area (Å²) in [5.41, 5.74) is 22.4. The Kier molecular flexibility index (Phi) is 17.5. The van der Waals surface area contributed by atoms with Crippen LogP contribution in [0.1, 0.15) is 83.9 Å². The molecule has 3 aromatic carbocycles. The summed E-state index contributed by atoms with van der Waals surface area (Å²) in [6.45, 7) is 34.0. The Morgan fingerprint density at radius 3 is 2.20 bits per heavy atom. The van der Waals surface area contributed by atoms with E-state index < -0.39 is 0 Å². The summed E-state index contributed by atoms with van der Waals surface area (Å²) >= 11 is 0. The Labute approximate surface area is 410 Å². The molecule has 1 unspecified atom stereocenters. The minimum atomic E-state index is -0.0507. The van der Waals surface area contributed by atoms with Gasteiger partial charge in [0.1, 0.15) is 11.6 Å². The molecule has 3 aliphatic rings. The summed E-state index contributed by atoms with van der Waals surface area (Å²) in [6.07, 6.45) is 8.86. The molecule has 69 heavy (non-hydrogen) atoms. The molecule has 0 aliphatic carbocycles. The average Bonchev–Trinajstić information content (AvgIpc) is 3.57. The number of aliphatic imine (C=N–C) groups is 2. The fourth-order valence-corrected chi connectivity index (χ4v) is 9.51. The number of amides is 1. The zero-order valence-corrected chi connectivity index (χ0v) is 41.7. The first-order valence-corrected chi connectivity index (χ1v) is 24.2. The number of hydrogen-bond donors (Lipinski definition) is 5. The quantitative estimate of drug-likeness (QED) is 0.0343. The molecule has 1 saturated heterocycles. The Balaban J connectivity index is 0.000000322. The van der Waals surface area contributed by atoms with E-state index in [0.29, 0.717) is 35.2 Å². The number of aliphatic hydroxyl groups excluding tert-OH is 1. The fourth-order valence-electron chi connectivity index (χ4n) is 9.51. The van der Waals surface area contributed by atoms with Crippen molar-refractivity contribution in [1.29, 1.82) is 0 Å². The van der Waals surface area contributed by atoms with Gasteiger partial charge in [-0.05, 0) is 105 Å². The van der Waals surface area contributed by atoms with Gasteiger partial charge in [0.2, 0.25) is 5.91 Å². The van der Waals surface area contributed by atoms with Gasteiger partial charge in [-0.2, -0.15) is 0 Å². The number of hydrogen-bond acceptors (Lipinski definition) is 10. The van der Waals surface area contributed by atoms with Crippen LogP contribution in [0.25, 0.3) is 17.4 Å². The standard InChI is InChI=1S/C40H55N7O2.C16H17BN3/c1-8-36(9-2)45-21-23-46(24-22-45)37-17-15-35(16-18-37)44-39(49)25-32-11-13-34(14-12-32)43-31(7)42-26-33-19-20-47(27-28(33)4)38(10-3)29(5)40(41)30(6)48;1-9-4-6-12-13(8-9)11(3)20(15(12)17)14-7-5-10(2)19-16(14)18/h10-18,26,36,43,48H,3,7-9,19-25,27,41H2,1-2,4-6H3,(H,44,49);4,6,8,14H,2-3,5,7H2,1H3,(H2,18,19)/b38-29+,40-30-,42-26-;. The number of nitrogens with zero attached hydrogens (tertiary/aromatic N) is 6. The number of fused-ring (bicyclic) bond motifs is 1. The molecular weight excluding hydrogens is 855 g/mol. The number of benzene rings is 3. The van der Waals surface area contributed by atoms with Gasteiger partial charge in [-0.15, -0.1) is 0 Å². The van der Waals surface area contributed by atoms with Crippen molar-refractivity contribution in [2.45, 2.75) is 92.2 Å². The van der Waals surface area contributed by atoms with Gasteiger partial charge in [-0.3, -0.25) is 9.69 Å². The van der Waals surface area contributed by atoms with Gasteiger partial charge in [0.25, 0.3) is 0 Å². The molecule has 1 atom stereocenters. The summed E-state index contributed by atoms with van der Waals surface area (Å²) in [5, 5.41) is 19.8. The van der Waals surface area contributed by atoms with Gasteiger partial charge in [0.15, 0.2) is 0 Å². The van der Waals surface area contributed by atoms with Crippen molar-refractivity contribution in [2.24, 2.45) is 21.5 Å². The molecule has 4 aromatic rings. The van der Waals surface area contributed by atoms with Crippen molar-refractivity contribution >= 4 is 59.9 Å². The zero-order valence-electron chi connectivity index (χ0n) is 41.7. The van der Waals surface area contributed by atoms with Crippen LogP contribution in [0.15, 0.2) is 148 Å². The molecule has 1 radical (unpaired) electrons. The van der Waals surface area contributed by atoms with Crippen LogP contribution in [-0.4, -0.2) is 90.2 Å². The van der Waals surface area contributed by atoms with Gasteiger partial charge in [-0.1, -0.05) is 39.1 Å². The van der Waals surface area contributed by atoms with Crippen LogP contribution in [-0.2, 0) is 11.2 Å². The van der Waals surface area contributed by atoms with Crippen LogP contribution in [0.3, 0.4) is 0 Å². The number of amidine groups is 1. The van der Waals surface area contributed by atoms with E-state index in [1.54, 1.807) is 13.0 Å². The normalized spacial score (nSPS) is 17.6. The topological polar surface area (TPSA) is 153 Å². The molecule has 1 aromatic heterocycles. The van der Waals surface area contributed by atoms with Crippen LogP contribution in [0.5, 0.6) is 0 Å². The van der Waals surface area contributed by atoms with Crippen molar-refractivity contribution < 1.29 is 9.90 Å². The molecule has 4 heterocycles. The first-order valence-electron chi connectivity index (χ1n) is 24.2. The molecule has 7 rings (SSSR count). The molecule has 0 spiro atoms. The molecule has 0 bridgehead atoms. The van der Waals surface area contributed by atoms with E-state index >= 15 is 0 Å². The van der Waals surface area contributed by atoms with E-state index in [1.807, 2.05) is 60.2 Å². The third kappa shape index (κ3) is 12.8. The number of anilines is 3. The predicted molar refractivity (Wildman–Crippen MR) is 291 cm³/mol. The van der Waals surface area contributed by atoms with E-state index in [2.05, 4.69) is 114 Å². The van der Waals surface area contributed by atoms with E-state index in [0.717, 1.165) is 108 Å². The number of carbonyl (C=O) groups excluding carboxylic acids is 1. The summed E-state index contributed by atoms with van der Waals surface area (Å²) in [5.74, 6) is 1.15. The number of nitrogens with two attached hydrogens (primary N) is 2. The maximum absolute atomic E-state index is 12.8. The minimum absolute atomic E-state index is 0.0271. The van der Waals surface area contributed by atoms with Crippen LogP contribution >= 0.6 is 0 Å². The van der Waals surface area contributed by atoms with E-state index in [4.69, 9.17) is 19.0 Å². The molecule has 1 amide bonds. The molecule has 3 aliphatic heterocycles. The summed E-state index contributed by atoms with van der Waals surface area (Å²) < 4.78 is 2.01. The molecule has 0 saturated carbocycles. The first-order chi connectivity index (χ1) is 33.0. The zero-order chi connectivity index (χ0) is 49.9. The SMILES string of the molecule is C=C/C(=C(C)\C(N)=C(/C)O)N1CCC(/C=N\C(=C)Nc2ccc(CC(=O)Nc3ccc(N4CCN(C(CC)CC)CC4)cc3)cc2)=C(C)C1.[B]=c1c2ccc(C)cc2c(=C)n1C1CCC(=C)N=C1N. The summed E-state index contributed by atoms with van der Waals surface area (Å²) in [7, 11) is 6.31. The first kappa shape index (κ1) is 51.5. The molecule has 12 nitrogen and oxygen atoms in total. The molecular formula is C56H72BN10O2. The van der Waals surface area contributed by atoms with Crippen molar-refractivity contribution in [1.82, 2.24) is 14.4 Å². The second kappa shape index (κ2) is 23.4. The number of aryl methyl sites for hydroxylation is 1. The van der Waals surface area contributed by atoms with Gasteiger partial charge in [0.05, 0.1) is 12.1 Å². The van der Waals surface area contributed by atoms with Crippen LogP contribution in [0, 0.1) is 12.2 Å². The molecule has 361 valence electrons. The van der Waals surface area contributed by atoms with Crippen LogP contribution in [0.2, 0.25) is 0 Å². The van der Waals surface area contributed by atoms with Gasteiger partial charge in [-0.25, -0.2) is 4.99 Å². The van der Waals surface area contributed by atoms with E-state index in [1.165, 1.54) is 29.7 Å². The number of nitrogens with one attached hydrogen (secondary N) is 2. The Morgan fingerprint density at radius 1 is 0.942 bits per heavy atom. The monoisotopic (exact) mass is 928 g/mol. The average molecular weight is 928 g/mol.